The highest BCUT2D eigenvalue weighted by molar-refractivity contribution is 5.54. The molecule has 0 bridgehead atoms. The zero-order valence-electron chi connectivity index (χ0n) is 16.9. The summed E-state index contributed by atoms with van der Waals surface area (Å²) in [6.45, 7) is 7.77. The van der Waals surface area contributed by atoms with Gasteiger partial charge < -0.3 is 14.9 Å². The first kappa shape index (κ1) is 19.1. The maximum absolute atomic E-state index is 12.6. The Bertz CT molecular complexity index is 999. The van der Waals surface area contributed by atoms with Gasteiger partial charge in [-0.1, -0.05) is 6.92 Å². The SMILES string of the molecule is CCC(C)n1cnn(-c2ccc(N3CCN(c4ccc(O)cc4)CC3)cc2)c1=O. The summed E-state index contributed by atoms with van der Waals surface area (Å²) in [5, 5.41) is 13.7. The maximum Gasteiger partial charge on any atom is 0.350 e. The second-order valence-electron chi connectivity index (χ2n) is 7.50. The highest BCUT2D eigenvalue weighted by Crippen LogP contribution is 2.23. The van der Waals surface area contributed by atoms with Gasteiger partial charge in [-0.15, -0.1) is 0 Å². The van der Waals surface area contributed by atoms with Gasteiger partial charge in [0.05, 0.1) is 5.69 Å². The minimum Gasteiger partial charge on any atom is -0.508 e. The number of phenolic OH excluding ortho intramolecular Hbond substituents is 1. The first-order valence-electron chi connectivity index (χ1n) is 10.1. The second-order valence-corrected chi connectivity index (χ2v) is 7.50. The molecule has 1 fully saturated rings. The summed E-state index contributed by atoms with van der Waals surface area (Å²) in [6.07, 6.45) is 2.51. The Balaban J connectivity index is 1.43. The van der Waals surface area contributed by atoms with Crippen molar-refractivity contribution in [3.05, 3.63) is 65.3 Å². The largest absolute Gasteiger partial charge is 0.508 e. The highest BCUT2D eigenvalue weighted by Gasteiger charge is 2.18. The van der Waals surface area contributed by atoms with E-state index in [4.69, 9.17) is 0 Å². The topological polar surface area (TPSA) is 66.5 Å². The fourth-order valence-corrected chi connectivity index (χ4v) is 3.68. The van der Waals surface area contributed by atoms with Gasteiger partial charge in [-0.3, -0.25) is 4.57 Å². The van der Waals surface area contributed by atoms with Crippen LogP contribution in [-0.2, 0) is 0 Å². The Hall–Kier alpha value is -3.22. The van der Waals surface area contributed by atoms with Gasteiger partial charge >= 0.3 is 5.69 Å². The van der Waals surface area contributed by atoms with Crippen molar-refractivity contribution in [1.29, 1.82) is 0 Å². The van der Waals surface area contributed by atoms with Crippen LogP contribution in [0.3, 0.4) is 0 Å². The third-order valence-corrected chi connectivity index (χ3v) is 5.71. The summed E-state index contributed by atoms with van der Waals surface area (Å²) >= 11 is 0. The molecule has 2 heterocycles. The molecule has 0 spiro atoms. The molecular weight excluding hydrogens is 366 g/mol. The van der Waals surface area contributed by atoms with Crippen LogP contribution in [0.15, 0.2) is 59.7 Å². The summed E-state index contributed by atoms with van der Waals surface area (Å²) in [5.41, 5.74) is 2.96. The van der Waals surface area contributed by atoms with Gasteiger partial charge in [0.1, 0.15) is 12.1 Å². The van der Waals surface area contributed by atoms with Gasteiger partial charge in [-0.2, -0.15) is 9.78 Å². The molecule has 0 saturated carbocycles. The lowest BCUT2D eigenvalue weighted by molar-refractivity contribution is 0.475. The smallest absolute Gasteiger partial charge is 0.350 e. The fourth-order valence-electron chi connectivity index (χ4n) is 3.68. The van der Waals surface area contributed by atoms with Gasteiger partial charge in [-0.25, -0.2) is 4.79 Å². The number of hydrogen-bond donors (Lipinski definition) is 1. The molecule has 0 amide bonds. The first-order valence-corrected chi connectivity index (χ1v) is 10.1. The van der Waals surface area contributed by atoms with E-state index in [9.17, 15) is 9.90 Å². The van der Waals surface area contributed by atoms with Gasteiger partial charge in [0.15, 0.2) is 0 Å². The second kappa shape index (κ2) is 8.03. The van der Waals surface area contributed by atoms with Crippen molar-refractivity contribution in [3.8, 4) is 11.4 Å². The summed E-state index contributed by atoms with van der Waals surface area (Å²) in [5.74, 6) is 0.292. The van der Waals surface area contributed by atoms with Crippen LogP contribution in [0.25, 0.3) is 5.69 Å². The number of phenols is 1. The van der Waals surface area contributed by atoms with E-state index in [1.807, 2.05) is 31.2 Å². The molecule has 7 heteroatoms. The van der Waals surface area contributed by atoms with Crippen LogP contribution in [-0.4, -0.2) is 45.6 Å². The number of hydrogen-bond acceptors (Lipinski definition) is 5. The Kier molecular flexibility index (Phi) is 5.29. The summed E-state index contributed by atoms with van der Waals surface area (Å²) in [4.78, 5) is 17.3. The van der Waals surface area contributed by atoms with Crippen LogP contribution >= 0.6 is 0 Å². The molecule has 1 aromatic heterocycles. The Labute approximate surface area is 170 Å². The van der Waals surface area contributed by atoms with Crippen molar-refractivity contribution in [2.24, 2.45) is 0 Å². The molecule has 0 aliphatic carbocycles. The van der Waals surface area contributed by atoms with Crippen LogP contribution < -0.4 is 15.5 Å². The van der Waals surface area contributed by atoms with E-state index in [0.29, 0.717) is 5.75 Å². The Morgan fingerprint density at radius 1 is 0.897 bits per heavy atom. The predicted molar refractivity (Wildman–Crippen MR) is 115 cm³/mol. The average molecular weight is 393 g/mol. The summed E-state index contributed by atoms with van der Waals surface area (Å²) in [7, 11) is 0. The Morgan fingerprint density at radius 2 is 1.38 bits per heavy atom. The molecule has 29 heavy (non-hydrogen) atoms. The van der Waals surface area contributed by atoms with E-state index in [2.05, 4.69) is 34.0 Å². The number of anilines is 2. The van der Waals surface area contributed by atoms with E-state index < -0.39 is 0 Å². The quantitative estimate of drug-likeness (QED) is 0.722. The minimum absolute atomic E-state index is 0.102. The zero-order chi connectivity index (χ0) is 20.4. The van der Waals surface area contributed by atoms with E-state index in [0.717, 1.165) is 49.7 Å². The fraction of sp³-hybridized carbons (Fsp3) is 0.364. The highest BCUT2D eigenvalue weighted by atomic mass is 16.3. The normalized spacial score (nSPS) is 15.5. The molecule has 2 aromatic carbocycles. The van der Waals surface area contributed by atoms with Crippen molar-refractivity contribution in [2.45, 2.75) is 26.3 Å². The first-order chi connectivity index (χ1) is 14.1. The molecular formula is C22H27N5O2. The van der Waals surface area contributed by atoms with Gasteiger partial charge in [0.25, 0.3) is 0 Å². The van der Waals surface area contributed by atoms with E-state index in [1.165, 1.54) is 4.68 Å². The van der Waals surface area contributed by atoms with Crippen LogP contribution in [0.2, 0.25) is 0 Å². The van der Waals surface area contributed by atoms with Gasteiger partial charge in [-0.05, 0) is 61.9 Å². The number of nitrogens with zero attached hydrogens (tertiary/aromatic N) is 5. The molecule has 0 radical (unpaired) electrons. The molecule has 4 rings (SSSR count). The number of piperazine rings is 1. The third kappa shape index (κ3) is 3.85. The van der Waals surface area contributed by atoms with E-state index >= 15 is 0 Å². The monoisotopic (exact) mass is 393 g/mol. The molecule has 3 aromatic rings. The van der Waals surface area contributed by atoms with E-state index in [1.54, 1.807) is 23.0 Å². The summed E-state index contributed by atoms with van der Waals surface area (Å²) < 4.78 is 3.13. The molecule has 1 saturated heterocycles. The molecule has 1 unspecified atom stereocenters. The lowest BCUT2D eigenvalue weighted by atomic mass is 10.2. The molecule has 1 aliphatic heterocycles. The standard InChI is InChI=1S/C22H27N5O2/c1-3-17(2)26-16-23-27(22(26)29)20-6-4-18(5-7-20)24-12-14-25(15-13-24)19-8-10-21(28)11-9-19/h4-11,16-17,28H,3,12-15H2,1-2H3. The lowest BCUT2D eigenvalue weighted by Crippen LogP contribution is -2.46. The third-order valence-electron chi connectivity index (χ3n) is 5.71. The van der Waals surface area contributed by atoms with Crippen molar-refractivity contribution in [2.75, 3.05) is 36.0 Å². The average Bonchev–Trinajstić information content (AvgIpc) is 3.15. The van der Waals surface area contributed by atoms with Crippen LogP contribution in [0, 0.1) is 0 Å². The van der Waals surface area contributed by atoms with Crippen LogP contribution in [0.4, 0.5) is 11.4 Å². The summed E-state index contributed by atoms with van der Waals surface area (Å²) in [6, 6.07) is 15.5. The van der Waals surface area contributed by atoms with Crippen molar-refractivity contribution >= 4 is 11.4 Å². The van der Waals surface area contributed by atoms with Crippen molar-refractivity contribution in [3.63, 3.8) is 0 Å². The van der Waals surface area contributed by atoms with Crippen LogP contribution in [0.1, 0.15) is 26.3 Å². The number of benzene rings is 2. The van der Waals surface area contributed by atoms with Gasteiger partial charge in [0, 0.05) is 43.6 Å². The zero-order valence-corrected chi connectivity index (χ0v) is 16.9. The minimum atomic E-state index is -0.102. The maximum atomic E-state index is 12.6. The van der Waals surface area contributed by atoms with Crippen molar-refractivity contribution < 1.29 is 5.11 Å². The number of aromatic nitrogens is 3. The predicted octanol–water partition coefficient (Wildman–Crippen LogP) is 3.04. The van der Waals surface area contributed by atoms with Gasteiger partial charge in [0.2, 0.25) is 0 Å². The molecule has 1 N–H and O–H groups in total. The van der Waals surface area contributed by atoms with Crippen molar-refractivity contribution in [1.82, 2.24) is 14.3 Å². The molecule has 1 atom stereocenters. The Morgan fingerprint density at radius 3 is 1.90 bits per heavy atom. The van der Waals surface area contributed by atoms with E-state index in [-0.39, 0.29) is 11.7 Å². The number of rotatable bonds is 5. The molecule has 152 valence electrons. The number of aromatic hydroxyl groups is 1. The van der Waals surface area contributed by atoms with Crippen LogP contribution in [0.5, 0.6) is 5.75 Å². The molecule has 1 aliphatic rings. The molecule has 7 nitrogen and oxygen atoms in total. The lowest BCUT2D eigenvalue weighted by Gasteiger charge is -2.37.